The van der Waals surface area contributed by atoms with Gasteiger partial charge in [-0.15, -0.1) is 0 Å². The van der Waals surface area contributed by atoms with E-state index in [1.165, 1.54) is 30.0 Å². The quantitative estimate of drug-likeness (QED) is 0.0228. The van der Waals surface area contributed by atoms with E-state index in [4.69, 9.17) is 48.6 Å². The summed E-state index contributed by atoms with van der Waals surface area (Å²) >= 11 is 0. The van der Waals surface area contributed by atoms with Crippen LogP contribution in [-0.2, 0) is 88.9 Å². The molecule has 85 heavy (non-hydrogen) atoms. The van der Waals surface area contributed by atoms with Gasteiger partial charge in [-0.25, -0.2) is 19.4 Å². The first kappa shape index (κ1) is 65.4. The molecule has 0 spiro atoms. The molecule has 2 aromatic carbocycles. The Morgan fingerprint density at radius 3 is 2.34 bits per heavy atom. The van der Waals surface area contributed by atoms with Crippen LogP contribution in [0.1, 0.15) is 82.2 Å². The summed E-state index contributed by atoms with van der Waals surface area (Å²) in [6.45, 7) is 12.3. The number of carboxylic acids is 1. The molecule has 0 aliphatic carbocycles. The Morgan fingerprint density at radius 2 is 1.62 bits per heavy atom. The van der Waals surface area contributed by atoms with Crippen LogP contribution in [0.5, 0.6) is 5.75 Å². The number of ether oxygens (including phenoxy) is 8. The minimum atomic E-state index is -2.04. The van der Waals surface area contributed by atoms with Crippen LogP contribution >= 0.6 is 0 Å². The van der Waals surface area contributed by atoms with Crippen LogP contribution in [-0.4, -0.2) is 191 Å². The summed E-state index contributed by atoms with van der Waals surface area (Å²) in [6.07, 6.45) is -10.7. The average Bonchev–Trinajstić information content (AvgIpc) is 1.77. The number of hydrogen-bond donors (Lipinski definition) is 9. The monoisotopic (exact) mass is 1190 g/mol. The van der Waals surface area contributed by atoms with Crippen LogP contribution in [0.3, 0.4) is 0 Å². The zero-order valence-corrected chi connectivity index (χ0v) is 48.4. The SMILES string of the molecule is CC[C@@]1(O)C(=O)OCc2c1cc1n(c2=O)Cc2c-1nc1ccccc1c2CCN(C(=O)OCc1ccc(NC(=O)[C@H](C)NC(=O)CNC(=O)CCOCCOCC(OCCOCCN)C(C)C)c(O[C@@H]2O[C@H](C(=O)O)[C@@H](O)[C@H](O)[C@H]2O)c1)C(C)C. The Balaban J connectivity index is 0.972. The number of pyridine rings is 2. The first-order chi connectivity index (χ1) is 40.6. The molecule has 3 aliphatic heterocycles. The van der Waals surface area contributed by atoms with Crippen molar-refractivity contribution in [3.8, 4) is 17.1 Å². The lowest BCUT2D eigenvalue weighted by Crippen LogP contribution is -2.61. The number of hydrogen-bond acceptors (Lipinski definition) is 21. The molecule has 464 valence electrons. The maximum Gasteiger partial charge on any atom is 0.410 e. The van der Waals surface area contributed by atoms with Crippen molar-refractivity contribution in [2.75, 3.05) is 71.2 Å². The smallest absolute Gasteiger partial charge is 0.410 e. The molecule has 1 fully saturated rings. The van der Waals surface area contributed by atoms with Crippen molar-refractivity contribution in [1.29, 1.82) is 0 Å². The van der Waals surface area contributed by atoms with E-state index in [-0.39, 0.29) is 98.9 Å². The fraction of sp³-hybridized carbons (Fsp3) is 0.552. The van der Waals surface area contributed by atoms with Gasteiger partial charge >= 0.3 is 18.0 Å². The third kappa shape index (κ3) is 15.8. The van der Waals surface area contributed by atoms with Crippen molar-refractivity contribution in [2.24, 2.45) is 11.7 Å². The standard InChI is InChI=1S/C58H77N7O20/c1-7-58(77)39-25-42-47-37(27-65(42)53(72)38(39)29-82-56(58)75)35(36-10-8-9-11-40(36)62-47)14-17-64(32(4)5)57(76)83-28-34-12-13-41(43(24-34)84-55-50(70)48(68)49(69)51(85-55)54(73)74)63-52(71)33(6)61-46(67)26-60-45(66)15-18-78-20-21-80-30-44(31(2)3)81-23-22-79-19-16-59/h8-13,24-25,31-33,44,48-51,55,68-70,77H,7,14-23,26-30,59H2,1-6H3,(H,60,66)(H,61,67)(H,63,71)(H,73,74)/t33-,44?,48-,49-,50+,51-,55+,58-/m0/s1. The molecule has 8 atom stereocenters. The number of carboxylic acid groups (broad SMARTS) is 1. The number of benzene rings is 2. The first-order valence-corrected chi connectivity index (χ1v) is 28.2. The number of esters is 1. The number of nitrogens with zero attached hydrogens (tertiary/aromatic N) is 3. The number of rotatable bonds is 30. The van der Waals surface area contributed by atoms with E-state index in [2.05, 4.69) is 16.0 Å². The topological polar surface area (TPSA) is 378 Å². The van der Waals surface area contributed by atoms with E-state index >= 15 is 0 Å². The van der Waals surface area contributed by atoms with Crippen LogP contribution < -0.4 is 32.0 Å². The van der Waals surface area contributed by atoms with Crippen molar-refractivity contribution in [3.63, 3.8) is 0 Å². The van der Waals surface area contributed by atoms with Crippen molar-refractivity contribution >= 4 is 52.3 Å². The fourth-order valence-corrected chi connectivity index (χ4v) is 9.88. The molecule has 0 bridgehead atoms. The largest absolute Gasteiger partial charge is 0.479 e. The predicted octanol–water partition coefficient (Wildman–Crippen LogP) is 0.940. The van der Waals surface area contributed by atoms with E-state index in [1.807, 2.05) is 38.1 Å². The number of para-hydroxylation sites is 1. The molecule has 27 heteroatoms. The molecule has 5 heterocycles. The summed E-state index contributed by atoms with van der Waals surface area (Å²) in [5, 5.41) is 61.2. The van der Waals surface area contributed by atoms with Gasteiger partial charge in [-0.2, -0.15) is 0 Å². The zero-order valence-electron chi connectivity index (χ0n) is 48.4. The molecule has 1 unspecified atom stereocenters. The van der Waals surface area contributed by atoms with Gasteiger partial charge in [-0.3, -0.25) is 19.2 Å². The van der Waals surface area contributed by atoms with Crippen molar-refractivity contribution in [3.05, 3.63) is 86.7 Å². The zero-order chi connectivity index (χ0) is 61.7. The Hall–Kier alpha value is -7.18. The highest BCUT2D eigenvalue weighted by Gasteiger charge is 2.49. The maximum absolute atomic E-state index is 14.1. The van der Waals surface area contributed by atoms with Gasteiger partial charge in [-0.05, 0) is 74.9 Å². The minimum Gasteiger partial charge on any atom is -0.479 e. The van der Waals surface area contributed by atoms with E-state index in [1.54, 1.807) is 31.4 Å². The van der Waals surface area contributed by atoms with Crippen LogP contribution in [0.15, 0.2) is 53.3 Å². The molecule has 4 amide bonds. The number of carbonyl (C=O) groups excluding carboxylic acids is 5. The number of aliphatic hydroxyl groups is 4. The Bertz CT molecular complexity index is 3100. The maximum atomic E-state index is 14.1. The number of nitrogens with one attached hydrogen (secondary N) is 3. The molecule has 27 nitrogen and oxygen atoms in total. The Kier molecular flexibility index (Phi) is 22.9. The molecular formula is C58H77N7O20. The van der Waals surface area contributed by atoms with E-state index < -0.39 is 103 Å². The number of cyclic esters (lactones) is 1. The summed E-state index contributed by atoms with van der Waals surface area (Å²) in [7, 11) is 0. The van der Waals surface area contributed by atoms with Crippen molar-refractivity contribution in [1.82, 2.24) is 25.1 Å². The third-order valence-corrected chi connectivity index (χ3v) is 14.8. The van der Waals surface area contributed by atoms with E-state index in [0.717, 1.165) is 16.5 Å². The summed E-state index contributed by atoms with van der Waals surface area (Å²) in [5.74, 6) is -4.59. The predicted molar refractivity (Wildman–Crippen MR) is 302 cm³/mol. The first-order valence-electron chi connectivity index (χ1n) is 28.2. The highest BCUT2D eigenvalue weighted by molar-refractivity contribution is 5.98. The average molecular weight is 1190 g/mol. The number of nitrogens with two attached hydrogens (primary N) is 1. The van der Waals surface area contributed by atoms with Gasteiger partial charge in [0.05, 0.1) is 93.6 Å². The molecule has 7 rings (SSSR count). The molecule has 10 N–H and O–H groups in total. The number of aliphatic carboxylic acids is 1. The lowest BCUT2D eigenvalue weighted by atomic mass is 9.86. The third-order valence-electron chi connectivity index (χ3n) is 14.8. The van der Waals surface area contributed by atoms with E-state index in [9.17, 15) is 59.1 Å². The van der Waals surface area contributed by atoms with Crippen LogP contribution in [0, 0.1) is 5.92 Å². The second kappa shape index (κ2) is 29.8. The summed E-state index contributed by atoms with van der Waals surface area (Å²) in [5.41, 5.74) is 6.58. The van der Waals surface area contributed by atoms with Gasteiger partial charge in [0.25, 0.3) is 5.56 Å². The Morgan fingerprint density at radius 1 is 0.894 bits per heavy atom. The second-order valence-corrected chi connectivity index (χ2v) is 21.4. The number of fused-ring (bicyclic) bond motifs is 5. The number of aromatic nitrogens is 2. The van der Waals surface area contributed by atoms with Gasteiger partial charge in [-0.1, -0.05) is 45.0 Å². The molecule has 2 aromatic heterocycles. The molecule has 3 aliphatic rings. The Labute approximate surface area is 489 Å². The highest BCUT2D eigenvalue weighted by atomic mass is 16.7. The molecule has 4 aromatic rings. The molecule has 1 saturated heterocycles. The van der Waals surface area contributed by atoms with E-state index in [0.29, 0.717) is 49.9 Å². The normalized spacial score (nSPS) is 20.4. The highest BCUT2D eigenvalue weighted by Crippen LogP contribution is 2.41. The van der Waals surface area contributed by atoms with Gasteiger partial charge in [0.2, 0.25) is 24.0 Å². The lowest BCUT2D eigenvalue weighted by molar-refractivity contribution is -0.271. The van der Waals surface area contributed by atoms with Gasteiger partial charge in [0.1, 0.15) is 43.3 Å². The summed E-state index contributed by atoms with van der Waals surface area (Å²) < 4.78 is 46.2. The fourth-order valence-electron chi connectivity index (χ4n) is 9.88. The van der Waals surface area contributed by atoms with Crippen LogP contribution in [0.4, 0.5) is 10.5 Å². The molecule has 0 saturated carbocycles. The van der Waals surface area contributed by atoms with Gasteiger partial charge in [0.15, 0.2) is 11.7 Å². The second-order valence-electron chi connectivity index (χ2n) is 21.4. The van der Waals surface area contributed by atoms with Crippen molar-refractivity contribution < 1.29 is 92.2 Å². The van der Waals surface area contributed by atoms with Gasteiger partial charge in [0, 0.05) is 42.1 Å². The number of anilines is 1. The molecular weight excluding hydrogens is 1110 g/mol. The number of amides is 4. The van der Waals surface area contributed by atoms with Crippen molar-refractivity contribution in [2.45, 2.75) is 135 Å². The van der Waals surface area contributed by atoms with Gasteiger partial charge < -0.3 is 94.6 Å². The summed E-state index contributed by atoms with van der Waals surface area (Å²) in [6, 6.07) is 11.5. The van der Waals surface area contributed by atoms with Crippen LogP contribution in [0.25, 0.3) is 22.3 Å². The lowest BCUT2D eigenvalue weighted by Gasteiger charge is -2.38. The minimum absolute atomic E-state index is 0.0215. The molecule has 0 radical (unpaired) electrons. The van der Waals surface area contributed by atoms with Crippen LogP contribution in [0.2, 0.25) is 0 Å². The number of carbonyl (C=O) groups is 6. The summed E-state index contributed by atoms with van der Waals surface area (Å²) in [4.78, 5) is 98.2. The number of aliphatic hydroxyl groups excluding tert-OH is 3.